The lowest BCUT2D eigenvalue weighted by atomic mass is 9.75. The summed E-state index contributed by atoms with van der Waals surface area (Å²) in [5, 5.41) is 3.69. The molecule has 26 heavy (non-hydrogen) atoms. The predicted octanol–water partition coefficient (Wildman–Crippen LogP) is 4.69. The van der Waals surface area contributed by atoms with Crippen LogP contribution in [-0.4, -0.2) is 49.8 Å². The second kappa shape index (κ2) is 11.1. The Kier molecular flexibility index (Phi) is 9.10. The van der Waals surface area contributed by atoms with E-state index >= 15 is 0 Å². The van der Waals surface area contributed by atoms with Crippen molar-refractivity contribution in [2.75, 3.05) is 39.3 Å². The Morgan fingerprint density at radius 2 is 1.88 bits per heavy atom. The number of rotatable bonds is 11. The van der Waals surface area contributed by atoms with Crippen molar-refractivity contribution in [2.24, 2.45) is 5.92 Å². The highest BCUT2D eigenvalue weighted by Gasteiger charge is 2.33. The third kappa shape index (κ3) is 7.02. The molecule has 1 heterocycles. The third-order valence-electron chi connectivity index (χ3n) is 5.89. The van der Waals surface area contributed by atoms with E-state index in [2.05, 4.69) is 68.2 Å². The second-order valence-corrected chi connectivity index (χ2v) is 8.30. The molecular weight excluding hydrogens is 320 g/mol. The number of nitrogens with zero attached hydrogens (tertiary/aromatic N) is 1. The van der Waals surface area contributed by atoms with Crippen LogP contribution in [0.1, 0.15) is 64.9 Å². The van der Waals surface area contributed by atoms with E-state index in [1.165, 1.54) is 31.4 Å². The first-order valence-electron chi connectivity index (χ1n) is 10.7. The minimum Gasteiger partial charge on any atom is -0.376 e. The summed E-state index contributed by atoms with van der Waals surface area (Å²) in [5.74, 6) is 1.35. The molecule has 0 aromatic heterocycles. The maximum Gasteiger partial charge on any atom is 0.0629 e. The van der Waals surface area contributed by atoms with Gasteiger partial charge in [0.25, 0.3) is 0 Å². The molecule has 1 fully saturated rings. The van der Waals surface area contributed by atoms with Crippen LogP contribution in [0.5, 0.6) is 0 Å². The molecule has 0 saturated carbocycles. The van der Waals surface area contributed by atoms with Crippen molar-refractivity contribution in [1.82, 2.24) is 10.2 Å². The van der Waals surface area contributed by atoms with Gasteiger partial charge in [0.1, 0.15) is 0 Å². The highest BCUT2D eigenvalue weighted by atomic mass is 16.5. The van der Waals surface area contributed by atoms with E-state index in [0.717, 1.165) is 45.1 Å². The van der Waals surface area contributed by atoms with Gasteiger partial charge in [0.15, 0.2) is 0 Å². The van der Waals surface area contributed by atoms with Crippen LogP contribution >= 0.6 is 0 Å². The maximum absolute atomic E-state index is 5.96. The molecule has 0 aliphatic carbocycles. The standard InChI is InChI=1S/C23H40N2O/c1-5-25(6-2)17-10-15-24-16-13-22(20-11-8-7-9-12-20)21-14-18-26-23(3,4)19-21/h7-9,11-12,21-22,24H,5-6,10,13-19H2,1-4H3/t21-,22+/m0/s1. The molecule has 0 radical (unpaired) electrons. The van der Waals surface area contributed by atoms with Crippen molar-refractivity contribution in [3.05, 3.63) is 35.9 Å². The quantitative estimate of drug-likeness (QED) is 0.580. The first kappa shape index (κ1) is 21.4. The van der Waals surface area contributed by atoms with Crippen molar-refractivity contribution in [1.29, 1.82) is 0 Å². The minimum absolute atomic E-state index is 0.0210. The van der Waals surface area contributed by atoms with E-state index in [-0.39, 0.29) is 5.60 Å². The molecule has 148 valence electrons. The smallest absolute Gasteiger partial charge is 0.0629 e. The average molecular weight is 361 g/mol. The molecule has 2 rings (SSSR count). The molecule has 0 amide bonds. The summed E-state index contributed by atoms with van der Waals surface area (Å²) in [6.07, 6.45) is 4.80. The van der Waals surface area contributed by atoms with E-state index in [4.69, 9.17) is 4.74 Å². The Morgan fingerprint density at radius 3 is 2.54 bits per heavy atom. The van der Waals surface area contributed by atoms with E-state index in [0.29, 0.717) is 5.92 Å². The van der Waals surface area contributed by atoms with E-state index in [1.54, 1.807) is 0 Å². The first-order valence-corrected chi connectivity index (χ1v) is 10.7. The van der Waals surface area contributed by atoms with E-state index < -0.39 is 0 Å². The van der Waals surface area contributed by atoms with Crippen LogP contribution < -0.4 is 5.32 Å². The van der Waals surface area contributed by atoms with Gasteiger partial charge in [-0.2, -0.15) is 0 Å². The topological polar surface area (TPSA) is 24.5 Å². The summed E-state index contributed by atoms with van der Waals surface area (Å²) in [6, 6.07) is 11.1. The van der Waals surface area contributed by atoms with Crippen LogP contribution in [0.4, 0.5) is 0 Å². The van der Waals surface area contributed by atoms with Crippen LogP contribution in [-0.2, 0) is 4.74 Å². The van der Waals surface area contributed by atoms with Crippen LogP contribution in [0.15, 0.2) is 30.3 Å². The molecule has 1 aliphatic heterocycles. The number of ether oxygens (including phenoxy) is 1. The largest absolute Gasteiger partial charge is 0.376 e. The van der Waals surface area contributed by atoms with Gasteiger partial charge in [0.2, 0.25) is 0 Å². The Bertz CT molecular complexity index is 484. The van der Waals surface area contributed by atoms with Crippen molar-refractivity contribution in [2.45, 2.75) is 64.9 Å². The van der Waals surface area contributed by atoms with E-state index in [9.17, 15) is 0 Å². The van der Waals surface area contributed by atoms with Crippen molar-refractivity contribution in [3.8, 4) is 0 Å². The summed E-state index contributed by atoms with van der Waals surface area (Å²) in [4.78, 5) is 2.50. The minimum atomic E-state index is 0.0210. The van der Waals surface area contributed by atoms with Gasteiger partial charge >= 0.3 is 0 Å². The number of hydrogen-bond acceptors (Lipinski definition) is 3. The molecule has 1 aliphatic rings. The lowest BCUT2D eigenvalue weighted by Crippen LogP contribution is -2.37. The van der Waals surface area contributed by atoms with Crippen LogP contribution in [0, 0.1) is 5.92 Å². The normalized spacial score (nSPS) is 21.0. The maximum atomic E-state index is 5.96. The van der Waals surface area contributed by atoms with Gasteiger partial charge in [0, 0.05) is 6.61 Å². The lowest BCUT2D eigenvalue weighted by molar-refractivity contribution is -0.0771. The van der Waals surface area contributed by atoms with Gasteiger partial charge < -0.3 is 15.0 Å². The Balaban J connectivity index is 1.83. The van der Waals surface area contributed by atoms with Crippen molar-refractivity contribution >= 4 is 0 Å². The fraction of sp³-hybridized carbons (Fsp3) is 0.739. The van der Waals surface area contributed by atoms with Crippen molar-refractivity contribution in [3.63, 3.8) is 0 Å². The van der Waals surface area contributed by atoms with Gasteiger partial charge in [-0.15, -0.1) is 0 Å². The third-order valence-corrected chi connectivity index (χ3v) is 5.89. The summed E-state index contributed by atoms with van der Waals surface area (Å²) in [5.41, 5.74) is 1.52. The lowest BCUT2D eigenvalue weighted by Gasteiger charge is -2.39. The highest BCUT2D eigenvalue weighted by molar-refractivity contribution is 5.20. The molecule has 3 heteroatoms. The summed E-state index contributed by atoms with van der Waals surface area (Å²) in [7, 11) is 0. The monoisotopic (exact) mass is 360 g/mol. The van der Waals surface area contributed by atoms with Crippen LogP contribution in [0.2, 0.25) is 0 Å². The van der Waals surface area contributed by atoms with Gasteiger partial charge in [0.05, 0.1) is 5.60 Å². The molecular formula is C23H40N2O. The average Bonchev–Trinajstić information content (AvgIpc) is 2.64. The predicted molar refractivity (Wildman–Crippen MR) is 112 cm³/mol. The first-order chi connectivity index (χ1) is 12.6. The van der Waals surface area contributed by atoms with Gasteiger partial charge in [-0.25, -0.2) is 0 Å². The number of nitrogens with one attached hydrogen (secondary N) is 1. The Morgan fingerprint density at radius 1 is 1.15 bits per heavy atom. The Labute approximate surface area is 161 Å². The summed E-state index contributed by atoms with van der Waals surface area (Å²) >= 11 is 0. The second-order valence-electron chi connectivity index (χ2n) is 8.30. The SMILES string of the molecule is CCN(CC)CCCNCC[C@H](c1ccccc1)[C@H]1CCOC(C)(C)C1. The Hall–Kier alpha value is -0.900. The number of benzene rings is 1. The molecule has 1 saturated heterocycles. The zero-order valence-electron chi connectivity index (χ0n) is 17.5. The van der Waals surface area contributed by atoms with Gasteiger partial charge in [-0.05, 0) is 89.7 Å². The fourth-order valence-corrected chi connectivity index (χ4v) is 4.35. The molecule has 1 aromatic rings. The van der Waals surface area contributed by atoms with Gasteiger partial charge in [-0.1, -0.05) is 44.2 Å². The zero-order valence-corrected chi connectivity index (χ0v) is 17.5. The van der Waals surface area contributed by atoms with E-state index in [1.807, 2.05) is 0 Å². The molecule has 0 unspecified atom stereocenters. The molecule has 2 atom stereocenters. The molecule has 1 N–H and O–H groups in total. The molecule has 3 nitrogen and oxygen atoms in total. The van der Waals surface area contributed by atoms with Crippen LogP contribution in [0.25, 0.3) is 0 Å². The summed E-state index contributed by atoms with van der Waals surface area (Å²) < 4.78 is 5.96. The number of hydrogen-bond donors (Lipinski definition) is 1. The zero-order chi connectivity index (χ0) is 18.8. The molecule has 0 spiro atoms. The fourth-order valence-electron chi connectivity index (χ4n) is 4.35. The molecule has 0 bridgehead atoms. The van der Waals surface area contributed by atoms with Crippen molar-refractivity contribution < 1.29 is 4.74 Å². The van der Waals surface area contributed by atoms with Gasteiger partial charge in [-0.3, -0.25) is 0 Å². The highest BCUT2D eigenvalue weighted by Crippen LogP contribution is 2.39. The summed E-state index contributed by atoms with van der Waals surface area (Å²) in [6.45, 7) is 15.6. The molecule has 1 aromatic carbocycles. The van der Waals surface area contributed by atoms with Crippen LogP contribution in [0.3, 0.4) is 0 Å².